The van der Waals surface area contributed by atoms with Gasteiger partial charge in [0.25, 0.3) is 0 Å². The van der Waals surface area contributed by atoms with E-state index in [1.165, 1.54) is 12.1 Å². The van der Waals surface area contributed by atoms with Crippen molar-refractivity contribution in [2.75, 3.05) is 0 Å². The molecule has 2 aromatic rings. The van der Waals surface area contributed by atoms with E-state index >= 15 is 0 Å². The van der Waals surface area contributed by atoms with Crippen LogP contribution in [0, 0.1) is 12.7 Å². The van der Waals surface area contributed by atoms with Crippen molar-refractivity contribution in [1.82, 2.24) is 0 Å². The highest BCUT2D eigenvalue weighted by Crippen LogP contribution is 2.41. The fourth-order valence-corrected chi connectivity index (χ4v) is 2.80. The second kappa shape index (κ2) is 5.08. The third kappa shape index (κ3) is 2.39. The average Bonchev–Trinajstić information content (AvgIpc) is 2.42. The van der Waals surface area contributed by atoms with E-state index in [-0.39, 0.29) is 18.0 Å². The standard InChI is InChI=1S/C16H15ClFNO/c1-9-2-4-11(18)7-12(9)16-8-14(19)13-6-10(17)3-5-15(13)20-16/h2-7,14,16H,8,19H2,1H3/t14-,16?/m0/s1. The first-order valence-corrected chi connectivity index (χ1v) is 6.90. The van der Waals surface area contributed by atoms with Gasteiger partial charge in [0, 0.05) is 23.0 Å². The van der Waals surface area contributed by atoms with Gasteiger partial charge >= 0.3 is 0 Å². The summed E-state index contributed by atoms with van der Waals surface area (Å²) in [4.78, 5) is 0. The lowest BCUT2D eigenvalue weighted by Crippen LogP contribution is -2.24. The summed E-state index contributed by atoms with van der Waals surface area (Å²) in [5.74, 6) is 0.464. The summed E-state index contributed by atoms with van der Waals surface area (Å²) in [6.07, 6.45) is 0.381. The van der Waals surface area contributed by atoms with Crippen LogP contribution in [0.4, 0.5) is 4.39 Å². The Morgan fingerprint density at radius 1 is 1.20 bits per heavy atom. The van der Waals surface area contributed by atoms with Crippen LogP contribution in [0.2, 0.25) is 5.02 Å². The van der Waals surface area contributed by atoms with E-state index in [1.807, 2.05) is 19.1 Å². The molecule has 0 aliphatic carbocycles. The zero-order valence-electron chi connectivity index (χ0n) is 11.1. The average molecular weight is 292 g/mol. The van der Waals surface area contributed by atoms with Crippen LogP contribution in [0.3, 0.4) is 0 Å². The molecule has 0 saturated heterocycles. The van der Waals surface area contributed by atoms with Gasteiger partial charge in [0.05, 0.1) is 0 Å². The van der Waals surface area contributed by atoms with Crippen molar-refractivity contribution < 1.29 is 9.13 Å². The number of ether oxygens (including phenoxy) is 1. The predicted octanol–water partition coefficient (Wildman–Crippen LogP) is 4.31. The van der Waals surface area contributed by atoms with Gasteiger partial charge in [-0.15, -0.1) is 0 Å². The number of halogens is 2. The molecule has 0 fully saturated rings. The van der Waals surface area contributed by atoms with Crippen molar-refractivity contribution in [3.05, 3.63) is 63.9 Å². The molecule has 1 unspecified atom stereocenters. The Morgan fingerprint density at radius 2 is 2.00 bits per heavy atom. The van der Waals surface area contributed by atoms with Crippen molar-refractivity contribution >= 4 is 11.6 Å². The second-order valence-corrected chi connectivity index (χ2v) is 5.57. The molecule has 3 rings (SSSR count). The number of nitrogens with two attached hydrogens (primary N) is 1. The molecule has 2 nitrogen and oxygen atoms in total. The summed E-state index contributed by atoms with van der Waals surface area (Å²) >= 11 is 5.98. The SMILES string of the molecule is Cc1ccc(F)cc1C1C[C@H](N)c2cc(Cl)ccc2O1. The largest absolute Gasteiger partial charge is 0.485 e. The van der Waals surface area contributed by atoms with Crippen molar-refractivity contribution in [2.45, 2.75) is 25.5 Å². The summed E-state index contributed by atoms with van der Waals surface area (Å²) < 4.78 is 19.4. The Hall–Kier alpha value is -1.58. The van der Waals surface area contributed by atoms with E-state index in [1.54, 1.807) is 12.1 Å². The van der Waals surface area contributed by atoms with Gasteiger partial charge in [-0.05, 0) is 48.4 Å². The lowest BCUT2D eigenvalue weighted by Gasteiger charge is -2.31. The van der Waals surface area contributed by atoms with E-state index in [2.05, 4.69) is 0 Å². The third-order valence-corrected chi connectivity index (χ3v) is 3.93. The van der Waals surface area contributed by atoms with Gasteiger partial charge in [-0.25, -0.2) is 4.39 Å². The van der Waals surface area contributed by atoms with Crippen molar-refractivity contribution in [2.24, 2.45) is 5.73 Å². The lowest BCUT2D eigenvalue weighted by molar-refractivity contribution is 0.160. The number of fused-ring (bicyclic) bond motifs is 1. The molecule has 4 heteroatoms. The molecule has 0 spiro atoms. The molecule has 1 aliphatic heterocycles. The van der Waals surface area contributed by atoms with Crippen LogP contribution < -0.4 is 10.5 Å². The van der Waals surface area contributed by atoms with Gasteiger partial charge in [-0.3, -0.25) is 0 Å². The van der Waals surface area contributed by atoms with Crippen molar-refractivity contribution in [3.63, 3.8) is 0 Å². The molecule has 1 heterocycles. The molecule has 0 amide bonds. The minimum Gasteiger partial charge on any atom is -0.485 e. The Balaban J connectivity index is 1.99. The molecule has 0 saturated carbocycles. The van der Waals surface area contributed by atoms with Gasteiger partial charge in [0.15, 0.2) is 0 Å². The minimum atomic E-state index is -0.260. The Kier molecular flexibility index (Phi) is 3.40. The smallest absolute Gasteiger partial charge is 0.126 e. The van der Waals surface area contributed by atoms with Gasteiger partial charge in [-0.2, -0.15) is 0 Å². The number of aryl methyl sites for hydroxylation is 1. The molecule has 2 atom stereocenters. The van der Waals surface area contributed by atoms with E-state index in [4.69, 9.17) is 22.1 Å². The number of hydrogen-bond acceptors (Lipinski definition) is 2. The van der Waals surface area contributed by atoms with Crippen LogP contribution in [0.15, 0.2) is 36.4 Å². The van der Waals surface area contributed by atoms with Gasteiger partial charge < -0.3 is 10.5 Å². The lowest BCUT2D eigenvalue weighted by atomic mass is 9.91. The summed E-state index contributed by atoms with van der Waals surface area (Å²) in [7, 11) is 0. The summed E-state index contributed by atoms with van der Waals surface area (Å²) in [6, 6.07) is 9.99. The Morgan fingerprint density at radius 3 is 2.80 bits per heavy atom. The van der Waals surface area contributed by atoms with Crippen LogP contribution in [-0.2, 0) is 0 Å². The third-order valence-electron chi connectivity index (χ3n) is 3.70. The van der Waals surface area contributed by atoms with E-state index in [0.29, 0.717) is 11.4 Å². The number of benzene rings is 2. The first-order valence-electron chi connectivity index (χ1n) is 6.52. The molecule has 0 bridgehead atoms. The molecular formula is C16H15ClFNO. The monoisotopic (exact) mass is 291 g/mol. The van der Waals surface area contributed by atoms with Crippen LogP contribution in [0.5, 0.6) is 5.75 Å². The molecule has 2 N–H and O–H groups in total. The fraction of sp³-hybridized carbons (Fsp3) is 0.250. The molecule has 1 aliphatic rings. The maximum absolute atomic E-state index is 13.4. The molecule has 0 aromatic heterocycles. The quantitative estimate of drug-likeness (QED) is 0.849. The molecule has 2 aromatic carbocycles. The predicted molar refractivity (Wildman–Crippen MR) is 77.5 cm³/mol. The van der Waals surface area contributed by atoms with Crippen LogP contribution in [0.1, 0.15) is 35.3 Å². The molecule has 20 heavy (non-hydrogen) atoms. The van der Waals surface area contributed by atoms with Gasteiger partial charge in [0.2, 0.25) is 0 Å². The first kappa shape index (κ1) is 13.4. The van der Waals surface area contributed by atoms with Crippen molar-refractivity contribution in [1.29, 1.82) is 0 Å². The van der Waals surface area contributed by atoms with Crippen LogP contribution in [-0.4, -0.2) is 0 Å². The molecule has 0 radical (unpaired) electrons. The molecular weight excluding hydrogens is 277 g/mol. The highest BCUT2D eigenvalue weighted by Gasteiger charge is 2.28. The fourth-order valence-electron chi connectivity index (χ4n) is 2.62. The maximum Gasteiger partial charge on any atom is 0.126 e. The van der Waals surface area contributed by atoms with Gasteiger partial charge in [-0.1, -0.05) is 17.7 Å². The summed E-state index contributed by atoms with van der Waals surface area (Å²) in [6.45, 7) is 1.95. The first-order chi connectivity index (χ1) is 9.54. The topological polar surface area (TPSA) is 35.2 Å². The maximum atomic E-state index is 13.4. The zero-order chi connectivity index (χ0) is 14.3. The Bertz CT molecular complexity index is 659. The minimum absolute atomic E-state index is 0.162. The highest BCUT2D eigenvalue weighted by molar-refractivity contribution is 6.30. The van der Waals surface area contributed by atoms with E-state index in [0.717, 1.165) is 22.4 Å². The summed E-state index contributed by atoms with van der Waals surface area (Å²) in [5.41, 5.74) is 8.95. The zero-order valence-corrected chi connectivity index (χ0v) is 11.8. The number of rotatable bonds is 1. The van der Waals surface area contributed by atoms with E-state index in [9.17, 15) is 4.39 Å². The van der Waals surface area contributed by atoms with Crippen LogP contribution >= 0.6 is 11.6 Å². The van der Waals surface area contributed by atoms with Crippen LogP contribution in [0.25, 0.3) is 0 Å². The highest BCUT2D eigenvalue weighted by atomic mass is 35.5. The summed E-state index contributed by atoms with van der Waals surface area (Å²) in [5, 5.41) is 0.642. The van der Waals surface area contributed by atoms with E-state index < -0.39 is 0 Å². The normalized spacial score (nSPS) is 21.2. The second-order valence-electron chi connectivity index (χ2n) is 5.13. The molecule has 104 valence electrons. The number of hydrogen-bond donors (Lipinski definition) is 1. The van der Waals surface area contributed by atoms with Gasteiger partial charge in [0.1, 0.15) is 17.7 Å². The Labute approximate surface area is 122 Å². The van der Waals surface area contributed by atoms with Crippen molar-refractivity contribution in [3.8, 4) is 5.75 Å².